The van der Waals surface area contributed by atoms with Gasteiger partial charge in [0.1, 0.15) is 17.4 Å². The minimum Gasteiger partial charge on any atom is -0.488 e. The number of hydrogen-bond acceptors (Lipinski definition) is 6. The Kier molecular flexibility index (Phi) is 6.32. The van der Waals surface area contributed by atoms with Crippen molar-refractivity contribution in [1.82, 2.24) is 20.0 Å². The summed E-state index contributed by atoms with van der Waals surface area (Å²) in [7, 11) is 1.86. The van der Waals surface area contributed by atoms with Gasteiger partial charge >= 0.3 is 0 Å². The van der Waals surface area contributed by atoms with E-state index in [0.29, 0.717) is 24.4 Å². The summed E-state index contributed by atoms with van der Waals surface area (Å²) in [6.45, 7) is 1.46. The number of imide groups is 1. The molecule has 0 saturated carbocycles. The lowest BCUT2D eigenvalue weighted by Crippen LogP contribution is -2.45. The maximum atomic E-state index is 12.8. The number of nitrogens with zero attached hydrogens (tertiary/aromatic N) is 3. The molecule has 1 atom stereocenters. The zero-order valence-corrected chi connectivity index (χ0v) is 19.7. The van der Waals surface area contributed by atoms with Gasteiger partial charge in [0.2, 0.25) is 17.7 Å². The van der Waals surface area contributed by atoms with Gasteiger partial charge in [0, 0.05) is 50.7 Å². The van der Waals surface area contributed by atoms with E-state index in [1.165, 1.54) is 0 Å². The number of hydrogen-bond donors (Lipinski definition) is 1. The molecule has 2 aromatic rings. The number of piperidine rings is 2. The third kappa shape index (κ3) is 4.47. The molecule has 9 heteroatoms. The first-order valence-corrected chi connectivity index (χ1v) is 13.0. The van der Waals surface area contributed by atoms with E-state index in [2.05, 4.69) is 10.4 Å². The Labute approximate surface area is 197 Å². The average Bonchev–Trinajstić information content (AvgIpc) is 3.17. The lowest BCUT2D eigenvalue weighted by Gasteiger charge is -2.35. The van der Waals surface area contributed by atoms with Crippen LogP contribution in [0.5, 0.6) is 5.75 Å². The van der Waals surface area contributed by atoms with Gasteiger partial charge in [-0.25, -0.2) is 0 Å². The standard InChI is InChI=1S/C24H30N4O4S/c1-27-22-17(21(26-27)18-5-6-20(29)25-23(18)30)3-2-4-19(22)32-16-7-11-28(12-8-16)24(31)15-9-13-33-14-10-15/h2-4,15-16,18H,5-14H2,1H3,(H,25,29,30). The van der Waals surface area contributed by atoms with Crippen LogP contribution < -0.4 is 10.1 Å². The topological polar surface area (TPSA) is 93.5 Å². The van der Waals surface area contributed by atoms with E-state index >= 15 is 0 Å². The van der Waals surface area contributed by atoms with E-state index < -0.39 is 5.92 Å². The van der Waals surface area contributed by atoms with Crippen LogP contribution in [0, 0.1) is 5.92 Å². The van der Waals surface area contributed by atoms with Gasteiger partial charge in [0.05, 0.1) is 11.6 Å². The predicted molar refractivity (Wildman–Crippen MR) is 126 cm³/mol. The van der Waals surface area contributed by atoms with E-state index in [4.69, 9.17) is 4.74 Å². The number of fused-ring (bicyclic) bond motifs is 1. The molecule has 1 N–H and O–H groups in total. The van der Waals surface area contributed by atoms with E-state index in [-0.39, 0.29) is 23.8 Å². The van der Waals surface area contributed by atoms with Crippen LogP contribution >= 0.6 is 11.8 Å². The summed E-state index contributed by atoms with van der Waals surface area (Å²) in [6, 6.07) is 5.82. The molecule has 5 rings (SSSR count). The molecule has 3 aliphatic rings. The molecule has 0 spiro atoms. The molecule has 3 aliphatic heterocycles. The van der Waals surface area contributed by atoms with E-state index in [1.54, 1.807) is 4.68 Å². The molecule has 33 heavy (non-hydrogen) atoms. The van der Waals surface area contributed by atoms with E-state index in [9.17, 15) is 14.4 Å². The molecule has 3 fully saturated rings. The summed E-state index contributed by atoms with van der Waals surface area (Å²) >= 11 is 1.94. The molecule has 1 aromatic heterocycles. The Morgan fingerprint density at radius 1 is 1.12 bits per heavy atom. The number of aromatic nitrogens is 2. The molecular weight excluding hydrogens is 440 g/mol. The van der Waals surface area contributed by atoms with Crippen LogP contribution in [0.1, 0.15) is 50.1 Å². The maximum Gasteiger partial charge on any atom is 0.235 e. The highest BCUT2D eigenvalue weighted by Crippen LogP contribution is 2.35. The summed E-state index contributed by atoms with van der Waals surface area (Å²) in [4.78, 5) is 38.8. The lowest BCUT2D eigenvalue weighted by atomic mass is 9.93. The molecule has 0 aliphatic carbocycles. The number of benzene rings is 1. The van der Waals surface area contributed by atoms with E-state index in [1.807, 2.05) is 41.9 Å². The van der Waals surface area contributed by atoms with Gasteiger partial charge < -0.3 is 9.64 Å². The van der Waals surface area contributed by atoms with Crippen molar-refractivity contribution < 1.29 is 19.1 Å². The average molecular weight is 471 g/mol. The zero-order chi connectivity index (χ0) is 22.9. The van der Waals surface area contributed by atoms with Gasteiger partial charge in [-0.15, -0.1) is 0 Å². The van der Waals surface area contributed by atoms with Gasteiger partial charge in [-0.1, -0.05) is 12.1 Å². The third-order valence-corrected chi connectivity index (χ3v) is 8.09. The number of carbonyl (C=O) groups excluding carboxylic acids is 3. The quantitative estimate of drug-likeness (QED) is 0.691. The fourth-order valence-corrected chi connectivity index (χ4v) is 6.32. The predicted octanol–water partition coefficient (Wildman–Crippen LogP) is 2.61. The summed E-state index contributed by atoms with van der Waals surface area (Å²) in [5.74, 6) is 2.48. The van der Waals surface area contributed by atoms with Crippen LogP contribution in [0.3, 0.4) is 0 Å². The summed E-state index contributed by atoms with van der Waals surface area (Å²) in [5.41, 5.74) is 1.55. The molecule has 176 valence electrons. The molecular formula is C24H30N4O4S. The highest BCUT2D eigenvalue weighted by Gasteiger charge is 2.33. The Morgan fingerprint density at radius 2 is 1.88 bits per heavy atom. The number of para-hydroxylation sites is 1. The van der Waals surface area contributed by atoms with Crippen molar-refractivity contribution in [2.24, 2.45) is 13.0 Å². The van der Waals surface area contributed by atoms with Crippen LogP contribution in [-0.4, -0.2) is 63.1 Å². The maximum absolute atomic E-state index is 12.8. The number of carbonyl (C=O) groups is 3. The van der Waals surface area contributed by atoms with Gasteiger partial charge in [-0.3, -0.25) is 24.4 Å². The monoisotopic (exact) mass is 470 g/mol. The molecule has 1 aromatic carbocycles. The molecule has 3 saturated heterocycles. The Hall–Kier alpha value is -2.55. The second-order valence-corrected chi connectivity index (χ2v) is 10.4. The molecule has 8 nitrogen and oxygen atoms in total. The highest BCUT2D eigenvalue weighted by atomic mass is 32.2. The zero-order valence-electron chi connectivity index (χ0n) is 18.9. The van der Waals surface area contributed by atoms with Crippen molar-refractivity contribution in [2.75, 3.05) is 24.6 Å². The lowest BCUT2D eigenvalue weighted by molar-refractivity contribution is -0.138. The number of nitrogens with one attached hydrogen (secondary N) is 1. The first kappa shape index (κ1) is 22.3. The van der Waals surface area contributed by atoms with Gasteiger partial charge in [0.15, 0.2) is 0 Å². The second kappa shape index (κ2) is 9.37. The number of ether oxygens (including phenoxy) is 1. The normalized spacial score (nSPS) is 23.1. The van der Waals surface area contributed by atoms with Crippen molar-refractivity contribution in [1.29, 1.82) is 0 Å². The third-order valence-electron chi connectivity index (χ3n) is 7.04. The van der Waals surface area contributed by atoms with Crippen LogP contribution in [0.15, 0.2) is 18.2 Å². The molecule has 3 amide bonds. The van der Waals surface area contributed by atoms with Crippen LogP contribution in [0.4, 0.5) is 0 Å². The number of thioether (sulfide) groups is 1. The van der Waals surface area contributed by atoms with Gasteiger partial charge in [-0.2, -0.15) is 16.9 Å². The van der Waals surface area contributed by atoms with Crippen LogP contribution in [0.25, 0.3) is 10.9 Å². The first-order chi connectivity index (χ1) is 16.0. The van der Waals surface area contributed by atoms with Crippen molar-refractivity contribution >= 4 is 40.4 Å². The minimum atomic E-state index is -0.436. The van der Waals surface area contributed by atoms with Crippen LogP contribution in [-0.2, 0) is 21.4 Å². The smallest absolute Gasteiger partial charge is 0.235 e. The highest BCUT2D eigenvalue weighted by molar-refractivity contribution is 7.99. The SMILES string of the molecule is Cn1nc(C2CCC(=O)NC2=O)c2cccc(OC3CCN(C(=O)C4CCSCC4)CC3)c21. The van der Waals surface area contributed by atoms with Gasteiger partial charge in [-0.05, 0) is 36.8 Å². The number of rotatable bonds is 4. The number of amides is 3. The molecule has 0 bridgehead atoms. The fraction of sp³-hybridized carbons (Fsp3) is 0.583. The second-order valence-electron chi connectivity index (χ2n) is 9.19. The van der Waals surface area contributed by atoms with Crippen molar-refractivity contribution in [3.05, 3.63) is 23.9 Å². The van der Waals surface area contributed by atoms with E-state index in [0.717, 1.165) is 66.9 Å². The minimum absolute atomic E-state index is 0.0375. The first-order valence-electron chi connectivity index (χ1n) is 11.8. The summed E-state index contributed by atoms with van der Waals surface area (Å²) in [6.07, 6.45) is 4.43. The Bertz CT molecular complexity index is 1070. The summed E-state index contributed by atoms with van der Waals surface area (Å²) in [5, 5.41) is 7.95. The molecule has 1 unspecified atom stereocenters. The Balaban J connectivity index is 1.28. The van der Waals surface area contributed by atoms with Crippen LogP contribution in [0.2, 0.25) is 0 Å². The Morgan fingerprint density at radius 3 is 2.61 bits per heavy atom. The van der Waals surface area contributed by atoms with Gasteiger partial charge in [0.25, 0.3) is 0 Å². The fourth-order valence-electron chi connectivity index (χ4n) is 5.21. The van der Waals surface area contributed by atoms with Crippen molar-refractivity contribution in [3.8, 4) is 5.75 Å². The number of likely N-dealkylation sites (tertiary alicyclic amines) is 1. The van der Waals surface area contributed by atoms with Crippen molar-refractivity contribution in [2.45, 2.75) is 50.5 Å². The molecule has 4 heterocycles. The van der Waals surface area contributed by atoms with Crippen molar-refractivity contribution in [3.63, 3.8) is 0 Å². The molecule has 0 radical (unpaired) electrons. The largest absolute Gasteiger partial charge is 0.488 e. The summed E-state index contributed by atoms with van der Waals surface area (Å²) < 4.78 is 8.18. The number of aryl methyl sites for hydroxylation is 1.